The number of carbonyl (C=O) groups is 2. The number of nitrogens with two attached hydrogens (primary N) is 2. The summed E-state index contributed by atoms with van der Waals surface area (Å²) in [4.78, 5) is 23.0. The Bertz CT molecular complexity index is 404. The molecule has 1 unspecified atom stereocenters. The number of carbonyl (C=O) groups excluding carboxylic acids is 2. The Balaban J connectivity index is 3.34. The molecule has 0 aliphatic carbocycles. The van der Waals surface area contributed by atoms with Gasteiger partial charge in [0.05, 0.1) is 12.1 Å². The van der Waals surface area contributed by atoms with E-state index in [4.69, 9.17) is 11.5 Å². The summed E-state index contributed by atoms with van der Waals surface area (Å²) >= 11 is 3.72. The van der Waals surface area contributed by atoms with Crippen LogP contribution in [0.2, 0.25) is 0 Å². The zero-order chi connectivity index (χ0) is 21.7. The van der Waals surface area contributed by atoms with E-state index in [1.165, 1.54) is 83.5 Å². The summed E-state index contributed by atoms with van der Waals surface area (Å²) in [6, 6.07) is -0.958. The summed E-state index contributed by atoms with van der Waals surface area (Å²) in [5.41, 5.74) is 11.6. The Hall–Kier alpha value is -0.390. The third kappa shape index (κ3) is 19.3. The van der Waals surface area contributed by atoms with Crippen LogP contribution in [0.3, 0.4) is 0 Å². The fourth-order valence-corrected chi connectivity index (χ4v) is 3.83. The van der Waals surface area contributed by atoms with Gasteiger partial charge in [-0.2, -0.15) is 0 Å². The van der Waals surface area contributed by atoms with E-state index in [-0.39, 0.29) is 10.9 Å². The van der Waals surface area contributed by atoms with Crippen molar-refractivity contribution in [3.63, 3.8) is 0 Å². The second kappa shape index (κ2) is 20.9. The highest BCUT2D eigenvalue weighted by molar-refractivity contribution is 7.96. The normalized spacial score (nSPS) is 13.4. The Labute approximate surface area is 185 Å². The molecular weight excluding hydrogens is 380 g/mol. The zero-order valence-corrected chi connectivity index (χ0v) is 19.9. The number of thiol groups is 1. The highest BCUT2D eigenvalue weighted by Crippen LogP contribution is 2.14. The number of ketones is 1. The topological polar surface area (TPSA) is 86.2 Å². The SMILES string of the molecule is CCCCCCCCCCCCCCCCCC(=O)C(N)CCC[C@H](N)C(=O)S. The van der Waals surface area contributed by atoms with Gasteiger partial charge in [-0.15, -0.1) is 12.6 Å². The number of unbranched alkanes of at least 4 members (excludes halogenated alkanes) is 14. The molecule has 2 atom stereocenters. The van der Waals surface area contributed by atoms with Crippen molar-refractivity contribution >= 4 is 23.5 Å². The number of Topliss-reactive ketones (excluding diaryl/α,β-unsaturated/α-hetero) is 1. The summed E-state index contributed by atoms with van der Waals surface area (Å²) in [7, 11) is 0. The lowest BCUT2D eigenvalue weighted by molar-refractivity contribution is -0.120. The molecule has 0 aliphatic heterocycles. The third-order valence-corrected chi connectivity index (χ3v) is 6.12. The van der Waals surface area contributed by atoms with E-state index in [0.29, 0.717) is 25.7 Å². The molecule has 29 heavy (non-hydrogen) atoms. The van der Waals surface area contributed by atoms with Gasteiger partial charge in [0.1, 0.15) is 5.78 Å². The maximum absolute atomic E-state index is 12.0. The van der Waals surface area contributed by atoms with Gasteiger partial charge in [0, 0.05) is 6.42 Å². The van der Waals surface area contributed by atoms with Gasteiger partial charge < -0.3 is 11.5 Å². The van der Waals surface area contributed by atoms with E-state index in [0.717, 1.165) is 12.8 Å². The van der Waals surface area contributed by atoms with Crippen molar-refractivity contribution < 1.29 is 9.59 Å². The van der Waals surface area contributed by atoms with E-state index in [9.17, 15) is 9.59 Å². The largest absolute Gasteiger partial charge is 0.322 e. The first-order chi connectivity index (χ1) is 14.0. The molecule has 0 spiro atoms. The van der Waals surface area contributed by atoms with E-state index in [1.54, 1.807) is 0 Å². The van der Waals surface area contributed by atoms with Crippen LogP contribution < -0.4 is 11.5 Å². The minimum atomic E-state index is -0.545. The van der Waals surface area contributed by atoms with Crippen LogP contribution in [0.25, 0.3) is 0 Å². The Morgan fingerprint density at radius 3 is 1.41 bits per heavy atom. The Morgan fingerprint density at radius 1 is 0.621 bits per heavy atom. The summed E-state index contributed by atoms with van der Waals surface area (Å²) in [5, 5.41) is -0.303. The molecule has 0 bridgehead atoms. The first-order valence-electron chi connectivity index (χ1n) is 12.3. The van der Waals surface area contributed by atoms with Gasteiger partial charge in [0.15, 0.2) is 0 Å². The van der Waals surface area contributed by atoms with Crippen LogP contribution in [0, 0.1) is 0 Å². The summed E-state index contributed by atoms with van der Waals surface area (Å²) < 4.78 is 0. The van der Waals surface area contributed by atoms with Crippen molar-refractivity contribution in [2.45, 2.75) is 141 Å². The monoisotopic (exact) mass is 428 g/mol. The lowest BCUT2D eigenvalue weighted by Crippen LogP contribution is -2.32. The molecule has 172 valence electrons. The van der Waals surface area contributed by atoms with Crippen molar-refractivity contribution in [2.75, 3.05) is 0 Å². The molecule has 0 aromatic rings. The lowest BCUT2D eigenvalue weighted by Gasteiger charge is -2.12. The second-order valence-electron chi connectivity index (χ2n) is 8.65. The van der Waals surface area contributed by atoms with Crippen LogP contribution in [0.15, 0.2) is 0 Å². The maximum Gasteiger partial charge on any atom is 0.202 e. The van der Waals surface area contributed by atoms with Crippen LogP contribution in [0.4, 0.5) is 0 Å². The molecule has 0 aliphatic rings. The van der Waals surface area contributed by atoms with E-state index in [2.05, 4.69) is 19.6 Å². The van der Waals surface area contributed by atoms with Gasteiger partial charge in [-0.1, -0.05) is 96.8 Å². The van der Waals surface area contributed by atoms with Crippen LogP contribution in [0.1, 0.15) is 129 Å². The van der Waals surface area contributed by atoms with Crippen molar-refractivity contribution in [3.8, 4) is 0 Å². The molecule has 0 radical (unpaired) electrons. The van der Waals surface area contributed by atoms with Gasteiger partial charge in [-0.05, 0) is 25.7 Å². The molecule has 4 N–H and O–H groups in total. The van der Waals surface area contributed by atoms with Gasteiger partial charge in [0.2, 0.25) is 5.12 Å². The number of rotatable bonds is 22. The molecule has 0 aromatic heterocycles. The van der Waals surface area contributed by atoms with Gasteiger partial charge >= 0.3 is 0 Å². The van der Waals surface area contributed by atoms with Gasteiger partial charge in [0.25, 0.3) is 0 Å². The highest BCUT2D eigenvalue weighted by Gasteiger charge is 2.14. The standard InChI is InChI=1S/C24H48N2O2S/c1-2-3-4-5-6-7-8-9-10-11-12-13-14-15-16-20-23(27)21(25)18-17-19-22(26)24(28)29/h21-22H,2-20,25-26H2,1H3,(H,28,29)/t21?,22-/m0/s1. The van der Waals surface area contributed by atoms with Gasteiger partial charge in [-0.3, -0.25) is 9.59 Å². The third-order valence-electron chi connectivity index (χ3n) is 5.79. The van der Waals surface area contributed by atoms with Crippen molar-refractivity contribution in [2.24, 2.45) is 11.5 Å². The average molecular weight is 429 g/mol. The van der Waals surface area contributed by atoms with Crippen molar-refractivity contribution in [1.29, 1.82) is 0 Å². The first-order valence-corrected chi connectivity index (χ1v) is 12.7. The number of hydrogen-bond acceptors (Lipinski definition) is 4. The van der Waals surface area contributed by atoms with Crippen LogP contribution in [-0.4, -0.2) is 23.0 Å². The molecule has 0 amide bonds. The summed E-state index contributed by atoms with van der Waals surface area (Å²) in [6.45, 7) is 2.27. The molecule has 0 heterocycles. The minimum absolute atomic E-state index is 0.144. The first kappa shape index (κ1) is 28.6. The fourth-order valence-electron chi connectivity index (χ4n) is 3.70. The molecule has 5 heteroatoms. The molecule has 0 fully saturated rings. The second-order valence-corrected chi connectivity index (χ2v) is 9.09. The molecule has 4 nitrogen and oxygen atoms in total. The van der Waals surface area contributed by atoms with E-state index in [1.807, 2.05) is 0 Å². The highest BCUT2D eigenvalue weighted by atomic mass is 32.1. The summed E-state index contributed by atoms with van der Waals surface area (Å²) in [5.74, 6) is 0.144. The quantitative estimate of drug-likeness (QED) is 0.144. The van der Waals surface area contributed by atoms with Crippen LogP contribution >= 0.6 is 12.6 Å². The average Bonchev–Trinajstić information content (AvgIpc) is 2.70. The Kier molecular flexibility index (Phi) is 20.6. The molecule has 0 aromatic carbocycles. The maximum atomic E-state index is 12.0. The number of hydrogen-bond donors (Lipinski definition) is 3. The minimum Gasteiger partial charge on any atom is -0.322 e. The Morgan fingerprint density at radius 2 is 1.00 bits per heavy atom. The summed E-state index contributed by atoms with van der Waals surface area (Å²) in [6.07, 6.45) is 22.3. The van der Waals surface area contributed by atoms with Crippen LogP contribution in [-0.2, 0) is 9.59 Å². The van der Waals surface area contributed by atoms with Crippen LogP contribution in [0.5, 0.6) is 0 Å². The van der Waals surface area contributed by atoms with E-state index >= 15 is 0 Å². The fraction of sp³-hybridized carbons (Fsp3) is 0.917. The van der Waals surface area contributed by atoms with Crippen molar-refractivity contribution in [1.82, 2.24) is 0 Å². The van der Waals surface area contributed by atoms with E-state index < -0.39 is 12.1 Å². The predicted octanol–water partition coefficient (Wildman–Crippen LogP) is 6.10. The van der Waals surface area contributed by atoms with Gasteiger partial charge in [-0.25, -0.2) is 0 Å². The van der Waals surface area contributed by atoms with Crippen molar-refractivity contribution in [3.05, 3.63) is 0 Å². The predicted molar refractivity (Wildman–Crippen MR) is 128 cm³/mol. The lowest BCUT2D eigenvalue weighted by atomic mass is 9.99. The molecule has 0 rings (SSSR count). The molecule has 0 saturated heterocycles. The smallest absolute Gasteiger partial charge is 0.202 e. The molecular formula is C24H48N2O2S. The molecule has 0 saturated carbocycles. The zero-order valence-electron chi connectivity index (χ0n) is 19.0.